The minimum Gasteiger partial charge on any atom is -0.308 e. The monoisotopic (exact) mass is 1410 g/mol. The van der Waals surface area contributed by atoms with Crippen LogP contribution in [0.2, 0.25) is 0 Å². The summed E-state index contributed by atoms with van der Waals surface area (Å²) in [4.78, 5) is 32.4. The average molecular weight is 1410 g/mol. The van der Waals surface area contributed by atoms with Crippen LogP contribution in [0.1, 0.15) is 150 Å². The van der Waals surface area contributed by atoms with E-state index >= 15 is 0 Å². The van der Waals surface area contributed by atoms with Gasteiger partial charge >= 0.3 is 0 Å². The van der Waals surface area contributed by atoms with Crippen LogP contribution in [0.4, 0.5) is 68.2 Å². The van der Waals surface area contributed by atoms with Gasteiger partial charge in [-0.15, -0.1) is 0 Å². The summed E-state index contributed by atoms with van der Waals surface area (Å²) in [5.41, 5.74) is 28.9. The van der Waals surface area contributed by atoms with E-state index in [9.17, 15) is 0 Å². The molecule has 0 aliphatic rings. The van der Waals surface area contributed by atoms with Crippen molar-refractivity contribution in [1.82, 2.24) is 19.9 Å². The third-order valence-corrected chi connectivity index (χ3v) is 22.8. The Bertz CT molecular complexity index is 5480. The van der Waals surface area contributed by atoms with E-state index in [-0.39, 0.29) is 21.7 Å². The molecule has 0 saturated heterocycles. The van der Waals surface area contributed by atoms with Gasteiger partial charge in [-0.2, -0.15) is 0 Å². The summed E-state index contributed by atoms with van der Waals surface area (Å²) < 4.78 is 0. The molecule has 0 fully saturated rings. The molecule has 108 heavy (non-hydrogen) atoms. The molecule has 0 amide bonds. The van der Waals surface area contributed by atoms with Crippen molar-refractivity contribution in [3.63, 3.8) is 0 Å². The Balaban J connectivity index is 1.15. The average Bonchev–Trinajstić information content (AvgIpc) is 0.694. The Labute approximate surface area is 637 Å². The molecule has 0 atom stereocenters. The summed E-state index contributed by atoms with van der Waals surface area (Å²) in [6.07, 6.45) is 0. The molecule has 0 spiro atoms. The van der Waals surface area contributed by atoms with E-state index in [4.69, 9.17) is 19.9 Å². The fourth-order valence-corrected chi connectivity index (χ4v) is 17.1. The predicted molar refractivity (Wildman–Crippen MR) is 463 cm³/mol. The van der Waals surface area contributed by atoms with E-state index in [1.165, 1.54) is 22.3 Å². The molecule has 8 heteroatoms. The lowest BCUT2D eigenvalue weighted by Crippen LogP contribution is -2.19. The van der Waals surface area contributed by atoms with Crippen molar-refractivity contribution in [2.75, 3.05) is 19.6 Å². The number of benzene rings is 12. The highest BCUT2D eigenvalue weighted by atomic mass is 15.2. The highest BCUT2D eigenvalue weighted by molar-refractivity contribution is 6.33. The summed E-state index contributed by atoms with van der Waals surface area (Å²) in [5, 5.41) is 11.0. The molecule has 12 aromatic carbocycles. The SMILES string of the molecule is Cc1nc2ccccc2c(C)c1N(c1ccc(C(C)(C)C)cc1)c1cc(N(c2ccc(C(C)(C)C)cc2)c2c(C)nc3ccccc3c2C)c2ccc3c(N(c4ccc(C(C)(C)C)cc4)c4c(C)nc5ccccc5c4C)cc(N(c4ccc(C(C)(C)C)cc4)c4c(C)nc5ccccc5c4C)c4ccc1c2c43. The first-order valence-electron chi connectivity index (χ1n) is 38.3. The molecule has 16 rings (SSSR count). The molecule has 4 heterocycles. The van der Waals surface area contributed by atoms with Crippen LogP contribution >= 0.6 is 0 Å². The van der Waals surface area contributed by atoms with Crippen LogP contribution in [0.5, 0.6) is 0 Å². The lowest BCUT2D eigenvalue weighted by molar-refractivity contribution is 0.590. The third kappa shape index (κ3) is 12.0. The molecule has 16 aromatic rings. The molecule has 0 aliphatic carbocycles. The van der Waals surface area contributed by atoms with Gasteiger partial charge in [-0.3, -0.25) is 19.9 Å². The second-order valence-electron chi connectivity index (χ2n) is 34.2. The highest BCUT2D eigenvalue weighted by Crippen LogP contribution is 2.58. The maximum atomic E-state index is 5.56. The Morgan fingerprint density at radius 2 is 0.398 bits per heavy atom. The summed E-state index contributed by atoms with van der Waals surface area (Å²) in [6.45, 7) is 45.5. The zero-order valence-electron chi connectivity index (χ0n) is 66.5. The number of hydrogen-bond donors (Lipinski definition) is 0. The number of fused-ring (bicyclic) bond motifs is 4. The fraction of sp³-hybridized carbons (Fsp3) is 0.240. The maximum absolute atomic E-state index is 5.56. The molecule has 0 unspecified atom stereocenters. The Morgan fingerprint density at radius 3 is 0.583 bits per heavy atom. The molecule has 0 saturated carbocycles. The van der Waals surface area contributed by atoms with E-state index in [0.29, 0.717) is 0 Å². The number of hydrogen-bond acceptors (Lipinski definition) is 8. The summed E-state index contributed by atoms with van der Waals surface area (Å²) in [6, 6.07) is 86.5. The maximum Gasteiger partial charge on any atom is 0.0710 e. The first-order chi connectivity index (χ1) is 51.4. The molecular weight excluding hydrogens is 1310 g/mol. The minimum atomic E-state index is -0.104. The van der Waals surface area contributed by atoms with Gasteiger partial charge in [-0.25, -0.2) is 0 Å². The Kier molecular flexibility index (Phi) is 17.2. The number of anilines is 12. The number of nitrogens with zero attached hydrogens (tertiary/aromatic N) is 8. The van der Waals surface area contributed by atoms with E-state index < -0.39 is 0 Å². The molecule has 4 aromatic heterocycles. The van der Waals surface area contributed by atoms with Crippen LogP contribution in [0.25, 0.3) is 75.9 Å². The lowest BCUT2D eigenvalue weighted by Gasteiger charge is -2.36. The Morgan fingerprint density at radius 1 is 0.213 bits per heavy atom. The van der Waals surface area contributed by atoms with Gasteiger partial charge in [0.25, 0.3) is 0 Å². The molecule has 0 radical (unpaired) electrons. The van der Waals surface area contributed by atoms with Crippen molar-refractivity contribution in [2.45, 2.75) is 160 Å². The van der Waals surface area contributed by atoms with Crippen molar-refractivity contribution in [3.8, 4) is 0 Å². The van der Waals surface area contributed by atoms with Crippen molar-refractivity contribution in [2.24, 2.45) is 0 Å². The normalized spacial score (nSPS) is 12.4. The predicted octanol–water partition coefficient (Wildman–Crippen LogP) is 28.3. The van der Waals surface area contributed by atoms with Gasteiger partial charge in [0.15, 0.2) is 0 Å². The summed E-state index contributed by atoms with van der Waals surface area (Å²) >= 11 is 0. The van der Waals surface area contributed by atoms with E-state index in [1.807, 2.05) is 0 Å². The third-order valence-electron chi connectivity index (χ3n) is 22.8. The van der Waals surface area contributed by atoms with Gasteiger partial charge in [0.05, 0.1) is 90.3 Å². The molecule has 0 bridgehead atoms. The van der Waals surface area contributed by atoms with Gasteiger partial charge < -0.3 is 19.6 Å². The molecule has 0 aliphatic heterocycles. The van der Waals surface area contributed by atoms with Gasteiger partial charge in [-0.1, -0.05) is 229 Å². The highest BCUT2D eigenvalue weighted by Gasteiger charge is 2.34. The quantitative estimate of drug-likeness (QED) is 0.112. The van der Waals surface area contributed by atoms with Crippen molar-refractivity contribution >= 4 is 144 Å². The second-order valence-corrected chi connectivity index (χ2v) is 34.2. The van der Waals surface area contributed by atoms with Crippen LogP contribution in [0.15, 0.2) is 231 Å². The van der Waals surface area contributed by atoms with Crippen LogP contribution in [0.3, 0.4) is 0 Å². The largest absolute Gasteiger partial charge is 0.308 e. The molecule has 538 valence electrons. The van der Waals surface area contributed by atoms with Crippen LogP contribution in [-0.4, -0.2) is 19.9 Å². The van der Waals surface area contributed by atoms with E-state index in [2.05, 4.69) is 389 Å². The van der Waals surface area contributed by atoms with Crippen LogP contribution in [-0.2, 0) is 21.7 Å². The number of para-hydroxylation sites is 4. The summed E-state index contributed by atoms with van der Waals surface area (Å²) in [5.74, 6) is 0. The van der Waals surface area contributed by atoms with Gasteiger partial charge in [0, 0.05) is 76.6 Å². The zero-order chi connectivity index (χ0) is 75.9. The molecule has 8 nitrogen and oxygen atoms in total. The van der Waals surface area contributed by atoms with Crippen LogP contribution < -0.4 is 19.6 Å². The number of aryl methyl sites for hydroxylation is 8. The smallest absolute Gasteiger partial charge is 0.0710 e. The van der Waals surface area contributed by atoms with Crippen molar-refractivity contribution in [3.05, 3.63) is 298 Å². The topological polar surface area (TPSA) is 64.5 Å². The van der Waals surface area contributed by atoms with Gasteiger partial charge in [-0.05, 0) is 206 Å². The number of pyridine rings is 4. The van der Waals surface area contributed by atoms with E-state index in [1.54, 1.807) is 0 Å². The fourth-order valence-electron chi connectivity index (χ4n) is 17.1. The lowest BCUT2D eigenvalue weighted by atomic mass is 9.86. The van der Waals surface area contributed by atoms with Gasteiger partial charge in [0.1, 0.15) is 0 Å². The molecular formula is C100H98N8. The summed E-state index contributed by atoms with van der Waals surface area (Å²) in [7, 11) is 0. The number of aromatic nitrogens is 4. The Hall–Kier alpha value is -11.5. The standard InChI is InChI=1S/C100H98N8/c1-59-75-29-21-25-33-83(75)101-63(5)93(59)105(71-45-37-67(38-46-71)97(9,10)11)87-57-88(106(72-47-39-68(40-48-72)98(12,13)14)94-60(2)76-30-22-26-34-84(76)102-64(94)6)80-55-56-82-90(108(74-51-43-70(44-52-74)100(18,19)20)96-62(4)78-32-24-28-36-86(78)104-66(96)8)58-89(81-54-53-79(87)91(80)92(81)82)107(73-49-41-69(42-50-73)99(15,16)17)95-61(3)77-31-23-27-35-85(77)103-65(95)7/h21-58H,1-20H3. The van der Waals surface area contributed by atoms with E-state index in [0.717, 1.165) is 189 Å². The van der Waals surface area contributed by atoms with Crippen molar-refractivity contribution < 1.29 is 0 Å². The zero-order valence-corrected chi connectivity index (χ0v) is 66.5. The van der Waals surface area contributed by atoms with Crippen LogP contribution in [0, 0.1) is 55.4 Å². The second kappa shape index (κ2) is 26.2. The minimum absolute atomic E-state index is 0.104. The molecule has 0 N–H and O–H groups in total. The first-order valence-corrected chi connectivity index (χ1v) is 38.3. The van der Waals surface area contributed by atoms with Crippen molar-refractivity contribution in [1.29, 1.82) is 0 Å². The number of rotatable bonds is 12. The first kappa shape index (κ1) is 70.8. The van der Waals surface area contributed by atoms with Gasteiger partial charge in [0.2, 0.25) is 0 Å².